The van der Waals surface area contributed by atoms with E-state index in [-0.39, 0.29) is 11.0 Å². The molecule has 0 bridgehead atoms. The highest BCUT2D eigenvalue weighted by Crippen LogP contribution is 2.37. The largest absolute Gasteiger partial charge is 0.301 e. The van der Waals surface area contributed by atoms with Crippen molar-refractivity contribution in [3.05, 3.63) is 33.9 Å². The fraction of sp³-hybridized carbons (Fsp3) is 0.562. The highest BCUT2D eigenvalue weighted by atomic mass is 32.2. The Kier molecular flexibility index (Phi) is 3.78. The zero-order valence-electron chi connectivity index (χ0n) is 12.8. The summed E-state index contributed by atoms with van der Waals surface area (Å²) in [5.41, 5.74) is 3.09. The van der Waals surface area contributed by atoms with Crippen LogP contribution in [0.2, 0.25) is 0 Å². The summed E-state index contributed by atoms with van der Waals surface area (Å²) in [6.07, 6.45) is 6.89. The summed E-state index contributed by atoms with van der Waals surface area (Å²) < 4.78 is 0. The molecular formula is C16H21N3OS. The van der Waals surface area contributed by atoms with E-state index < -0.39 is 0 Å². The molecule has 112 valence electrons. The van der Waals surface area contributed by atoms with E-state index in [0.29, 0.717) is 5.92 Å². The summed E-state index contributed by atoms with van der Waals surface area (Å²) in [5.74, 6) is 1.30. The number of allylic oxidation sites excluding steroid dienone is 1. The minimum atomic E-state index is 0.0109. The van der Waals surface area contributed by atoms with Crippen LogP contribution < -0.4 is 5.56 Å². The lowest BCUT2D eigenvalue weighted by Gasteiger charge is -2.35. The highest BCUT2D eigenvalue weighted by Gasteiger charge is 2.35. The maximum Gasteiger partial charge on any atom is 0.254 e. The number of nitrogens with zero attached hydrogens (tertiary/aromatic N) is 2. The third-order valence-corrected chi connectivity index (χ3v) is 6.11. The first-order valence-corrected chi connectivity index (χ1v) is 8.45. The lowest BCUT2D eigenvalue weighted by atomic mass is 9.75. The molecule has 1 aliphatic heterocycles. The first-order valence-electron chi connectivity index (χ1n) is 7.47. The van der Waals surface area contributed by atoms with Crippen LogP contribution in [-0.4, -0.2) is 21.4 Å². The van der Waals surface area contributed by atoms with Crippen LogP contribution in [0.25, 0.3) is 0 Å². The molecule has 0 radical (unpaired) electrons. The van der Waals surface area contributed by atoms with Crippen molar-refractivity contribution in [3.63, 3.8) is 0 Å². The van der Waals surface area contributed by atoms with E-state index in [4.69, 9.17) is 0 Å². The maximum absolute atomic E-state index is 12.0. The Morgan fingerprint density at radius 3 is 3.05 bits per heavy atom. The highest BCUT2D eigenvalue weighted by molar-refractivity contribution is 7.99. The number of H-pyrrole nitrogens is 1. The Morgan fingerprint density at radius 1 is 1.48 bits per heavy atom. The van der Waals surface area contributed by atoms with Gasteiger partial charge in [-0.3, -0.25) is 9.79 Å². The quantitative estimate of drug-likeness (QED) is 0.690. The summed E-state index contributed by atoms with van der Waals surface area (Å²) >= 11 is 1.63. The van der Waals surface area contributed by atoms with Crippen LogP contribution in [-0.2, 0) is 12.8 Å². The number of aliphatic imine (C=N–C) groups is 1. The molecule has 2 aliphatic rings. The van der Waals surface area contributed by atoms with Gasteiger partial charge >= 0.3 is 0 Å². The van der Waals surface area contributed by atoms with Gasteiger partial charge in [-0.05, 0) is 32.1 Å². The first-order chi connectivity index (χ1) is 10.0. The predicted octanol–water partition coefficient (Wildman–Crippen LogP) is 2.98. The normalized spacial score (nSPS) is 27.6. The van der Waals surface area contributed by atoms with Gasteiger partial charge in [-0.15, -0.1) is 0 Å². The van der Waals surface area contributed by atoms with Crippen molar-refractivity contribution in [2.45, 2.75) is 45.2 Å². The monoisotopic (exact) mass is 303 g/mol. The molecule has 4 nitrogen and oxygen atoms in total. The van der Waals surface area contributed by atoms with Gasteiger partial charge in [0, 0.05) is 28.6 Å². The molecule has 3 rings (SSSR count). The number of thioether (sulfide) groups is 1. The topological polar surface area (TPSA) is 58.1 Å². The maximum atomic E-state index is 12.0. The third-order valence-electron chi connectivity index (χ3n) is 4.90. The second kappa shape index (κ2) is 5.44. The van der Waals surface area contributed by atoms with Crippen LogP contribution in [0.3, 0.4) is 0 Å². The third kappa shape index (κ3) is 2.59. The average molecular weight is 303 g/mol. The fourth-order valence-electron chi connectivity index (χ4n) is 2.91. The van der Waals surface area contributed by atoms with Crippen molar-refractivity contribution in [1.29, 1.82) is 0 Å². The minimum Gasteiger partial charge on any atom is -0.301 e. The number of aromatic nitrogens is 2. The van der Waals surface area contributed by atoms with E-state index in [0.717, 1.165) is 47.1 Å². The van der Waals surface area contributed by atoms with E-state index >= 15 is 0 Å². The second-order valence-corrected chi connectivity index (χ2v) is 7.16. The lowest BCUT2D eigenvalue weighted by molar-refractivity contribution is 0.403. The SMILES string of the molecule is CC1=NC=CC(C)C1(C)CSc1nc2c(c(=O)[nH]1)CCC2. The first kappa shape index (κ1) is 14.6. The molecule has 5 heteroatoms. The molecule has 0 saturated heterocycles. The molecule has 0 aromatic carbocycles. The Labute approximate surface area is 129 Å². The molecular weight excluding hydrogens is 282 g/mol. The molecule has 2 heterocycles. The second-order valence-electron chi connectivity index (χ2n) is 6.20. The fourth-order valence-corrected chi connectivity index (χ4v) is 4.16. The Bertz CT molecular complexity index is 677. The van der Waals surface area contributed by atoms with Crippen molar-refractivity contribution in [3.8, 4) is 0 Å². The van der Waals surface area contributed by atoms with Crippen molar-refractivity contribution < 1.29 is 0 Å². The molecule has 1 aliphatic carbocycles. The van der Waals surface area contributed by atoms with Crippen molar-refractivity contribution in [1.82, 2.24) is 9.97 Å². The zero-order valence-corrected chi connectivity index (χ0v) is 13.6. The van der Waals surface area contributed by atoms with Crippen molar-refractivity contribution >= 4 is 17.5 Å². The molecule has 1 aromatic rings. The number of aryl methyl sites for hydroxylation is 1. The van der Waals surface area contributed by atoms with E-state index in [2.05, 4.69) is 41.8 Å². The van der Waals surface area contributed by atoms with E-state index in [9.17, 15) is 4.79 Å². The van der Waals surface area contributed by atoms with Crippen LogP contribution >= 0.6 is 11.8 Å². The summed E-state index contributed by atoms with van der Waals surface area (Å²) in [5, 5.41) is 0.747. The van der Waals surface area contributed by atoms with Crippen LogP contribution in [0.15, 0.2) is 27.2 Å². The Morgan fingerprint density at radius 2 is 2.29 bits per heavy atom. The summed E-state index contributed by atoms with van der Waals surface area (Å²) in [6.45, 7) is 6.53. The van der Waals surface area contributed by atoms with Crippen LogP contribution in [0, 0.1) is 11.3 Å². The van der Waals surface area contributed by atoms with E-state index in [1.54, 1.807) is 11.8 Å². The number of nitrogens with one attached hydrogen (secondary N) is 1. The van der Waals surface area contributed by atoms with Gasteiger partial charge in [0.05, 0.1) is 5.69 Å². The van der Waals surface area contributed by atoms with Crippen LogP contribution in [0.1, 0.15) is 38.4 Å². The lowest BCUT2D eigenvalue weighted by Crippen LogP contribution is -2.36. The smallest absolute Gasteiger partial charge is 0.254 e. The average Bonchev–Trinajstić information content (AvgIpc) is 2.92. The molecule has 0 spiro atoms. The summed E-state index contributed by atoms with van der Waals surface area (Å²) in [6, 6.07) is 0. The molecule has 1 aromatic heterocycles. The molecule has 21 heavy (non-hydrogen) atoms. The minimum absolute atomic E-state index is 0.0109. The predicted molar refractivity (Wildman–Crippen MR) is 87.1 cm³/mol. The molecule has 2 atom stereocenters. The molecule has 2 unspecified atom stereocenters. The van der Waals surface area contributed by atoms with Gasteiger partial charge in [-0.25, -0.2) is 4.98 Å². The summed E-state index contributed by atoms with van der Waals surface area (Å²) in [4.78, 5) is 24.1. The van der Waals surface area contributed by atoms with Gasteiger partial charge in [-0.2, -0.15) is 0 Å². The van der Waals surface area contributed by atoms with Gasteiger partial charge in [0.25, 0.3) is 5.56 Å². The van der Waals surface area contributed by atoms with Crippen molar-refractivity contribution in [2.24, 2.45) is 16.3 Å². The van der Waals surface area contributed by atoms with Crippen LogP contribution in [0.4, 0.5) is 0 Å². The standard InChI is InChI=1S/C16H21N3OS/c1-10-7-8-17-11(2)16(10,3)9-21-15-18-13-6-4-5-12(13)14(20)19-15/h7-8,10H,4-6,9H2,1-3H3,(H,18,19,20). The molecule has 1 N–H and O–H groups in total. The number of aromatic amines is 1. The Balaban J connectivity index is 1.79. The van der Waals surface area contributed by atoms with E-state index in [1.807, 2.05) is 6.20 Å². The van der Waals surface area contributed by atoms with Crippen LogP contribution in [0.5, 0.6) is 0 Å². The molecule has 0 fully saturated rings. The molecule has 0 saturated carbocycles. The Hall–Kier alpha value is -1.36. The molecule has 0 amide bonds. The van der Waals surface area contributed by atoms with Gasteiger partial charge in [0.2, 0.25) is 0 Å². The zero-order chi connectivity index (χ0) is 15.0. The van der Waals surface area contributed by atoms with E-state index in [1.165, 1.54) is 0 Å². The van der Waals surface area contributed by atoms with Crippen molar-refractivity contribution in [2.75, 3.05) is 5.75 Å². The van der Waals surface area contributed by atoms with Gasteiger partial charge < -0.3 is 4.98 Å². The van der Waals surface area contributed by atoms with Gasteiger partial charge in [-0.1, -0.05) is 31.7 Å². The number of hydrogen-bond donors (Lipinski definition) is 1. The van der Waals surface area contributed by atoms with Gasteiger partial charge in [0.1, 0.15) is 0 Å². The number of rotatable bonds is 3. The summed E-state index contributed by atoms with van der Waals surface area (Å²) in [7, 11) is 0. The van der Waals surface area contributed by atoms with Gasteiger partial charge in [0.15, 0.2) is 5.16 Å². The number of hydrogen-bond acceptors (Lipinski definition) is 4. The number of fused-ring (bicyclic) bond motifs is 1.